The SMILES string of the molecule is CNCCNCCc1ccc(C)cc1C. The molecule has 2 nitrogen and oxygen atoms in total. The predicted molar refractivity (Wildman–Crippen MR) is 66.4 cm³/mol. The van der Waals surface area contributed by atoms with Crippen LogP contribution in [0.15, 0.2) is 18.2 Å². The molecule has 0 amide bonds. The van der Waals surface area contributed by atoms with Gasteiger partial charge in [0.15, 0.2) is 0 Å². The highest BCUT2D eigenvalue weighted by atomic mass is 14.9. The highest BCUT2D eigenvalue weighted by molar-refractivity contribution is 5.30. The Morgan fingerprint density at radius 2 is 1.87 bits per heavy atom. The van der Waals surface area contributed by atoms with Crippen LogP contribution in [0.25, 0.3) is 0 Å². The lowest BCUT2D eigenvalue weighted by Gasteiger charge is -2.08. The van der Waals surface area contributed by atoms with Crippen molar-refractivity contribution in [2.24, 2.45) is 0 Å². The molecule has 0 bridgehead atoms. The van der Waals surface area contributed by atoms with Gasteiger partial charge in [-0.15, -0.1) is 0 Å². The minimum atomic E-state index is 1.03. The highest BCUT2D eigenvalue weighted by Crippen LogP contribution is 2.10. The Balaban J connectivity index is 2.31. The number of rotatable bonds is 6. The number of likely N-dealkylation sites (N-methyl/N-ethyl adjacent to an activating group) is 1. The largest absolute Gasteiger partial charge is 0.318 e. The summed E-state index contributed by atoms with van der Waals surface area (Å²) in [5.74, 6) is 0. The van der Waals surface area contributed by atoms with Crippen LogP contribution in [0.2, 0.25) is 0 Å². The smallest absolute Gasteiger partial charge is 0.00767 e. The Morgan fingerprint density at radius 1 is 1.07 bits per heavy atom. The van der Waals surface area contributed by atoms with Crippen molar-refractivity contribution in [1.82, 2.24) is 10.6 Å². The Kier molecular flexibility index (Phi) is 5.37. The Morgan fingerprint density at radius 3 is 2.53 bits per heavy atom. The zero-order chi connectivity index (χ0) is 11.1. The summed E-state index contributed by atoms with van der Waals surface area (Å²) < 4.78 is 0. The highest BCUT2D eigenvalue weighted by Gasteiger charge is 1.97. The minimum absolute atomic E-state index is 1.03. The zero-order valence-corrected chi connectivity index (χ0v) is 10.1. The predicted octanol–water partition coefficient (Wildman–Crippen LogP) is 1.65. The molecule has 0 aliphatic carbocycles. The van der Waals surface area contributed by atoms with Crippen LogP contribution in [0.1, 0.15) is 16.7 Å². The molecule has 0 fully saturated rings. The molecule has 0 aliphatic heterocycles. The third-order valence-electron chi connectivity index (χ3n) is 2.62. The molecular weight excluding hydrogens is 184 g/mol. The maximum atomic E-state index is 3.41. The van der Waals surface area contributed by atoms with Crippen molar-refractivity contribution >= 4 is 0 Å². The summed E-state index contributed by atoms with van der Waals surface area (Å²) in [6.45, 7) is 7.47. The average molecular weight is 206 g/mol. The van der Waals surface area contributed by atoms with Crippen molar-refractivity contribution in [3.63, 3.8) is 0 Å². The van der Waals surface area contributed by atoms with Gasteiger partial charge in [-0.1, -0.05) is 23.8 Å². The third kappa shape index (κ3) is 4.45. The van der Waals surface area contributed by atoms with Gasteiger partial charge in [0, 0.05) is 13.1 Å². The third-order valence-corrected chi connectivity index (χ3v) is 2.62. The van der Waals surface area contributed by atoms with Gasteiger partial charge in [0.05, 0.1) is 0 Å². The zero-order valence-electron chi connectivity index (χ0n) is 10.1. The fraction of sp³-hybridized carbons (Fsp3) is 0.538. The molecule has 2 heteroatoms. The Bertz CT molecular complexity index is 295. The molecule has 1 aromatic rings. The second-order valence-corrected chi connectivity index (χ2v) is 4.03. The lowest BCUT2D eigenvalue weighted by Crippen LogP contribution is -2.26. The first-order valence-electron chi connectivity index (χ1n) is 5.65. The van der Waals surface area contributed by atoms with Gasteiger partial charge in [-0.2, -0.15) is 0 Å². The van der Waals surface area contributed by atoms with Crippen molar-refractivity contribution in [2.45, 2.75) is 20.3 Å². The quantitative estimate of drug-likeness (QED) is 0.692. The molecule has 0 atom stereocenters. The van der Waals surface area contributed by atoms with E-state index in [4.69, 9.17) is 0 Å². The molecule has 0 saturated carbocycles. The van der Waals surface area contributed by atoms with Crippen LogP contribution in [0, 0.1) is 13.8 Å². The first-order valence-corrected chi connectivity index (χ1v) is 5.65. The molecule has 2 N–H and O–H groups in total. The molecule has 0 aromatic heterocycles. The first kappa shape index (κ1) is 12.2. The fourth-order valence-corrected chi connectivity index (χ4v) is 1.69. The molecule has 1 aromatic carbocycles. The summed E-state index contributed by atoms with van der Waals surface area (Å²) >= 11 is 0. The van der Waals surface area contributed by atoms with E-state index >= 15 is 0 Å². The van der Waals surface area contributed by atoms with Crippen molar-refractivity contribution in [3.05, 3.63) is 34.9 Å². The number of nitrogens with one attached hydrogen (secondary N) is 2. The molecule has 0 saturated heterocycles. The lowest BCUT2D eigenvalue weighted by molar-refractivity contribution is 0.648. The van der Waals surface area contributed by atoms with E-state index in [0.29, 0.717) is 0 Å². The van der Waals surface area contributed by atoms with Crippen LogP contribution >= 0.6 is 0 Å². The van der Waals surface area contributed by atoms with Crippen molar-refractivity contribution in [3.8, 4) is 0 Å². The fourth-order valence-electron chi connectivity index (χ4n) is 1.69. The van der Waals surface area contributed by atoms with Crippen LogP contribution in [0.5, 0.6) is 0 Å². The van der Waals surface area contributed by atoms with Crippen LogP contribution in [-0.2, 0) is 6.42 Å². The topological polar surface area (TPSA) is 24.1 Å². The van der Waals surface area contributed by atoms with Crippen LogP contribution in [0.4, 0.5) is 0 Å². The van der Waals surface area contributed by atoms with Gasteiger partial charge in [-0.05, 0) is 45.0 Å². The van der Waals surface area contributed by atoms with Gasteiger partial charge in [0.2, 0.25) is 0 Å². The van der Waals surface area contributed by atoms with Crippen molar-refractivity contribution in [2.75, 3.05) is 26.7 Å². The average Bonchev–Trinajstić information content (AvgIpc) is 2.20. The van der Waals surface area contributed by atoms with Gasteiger partial charge in [-0.25, -0.2) is 0 Å². The number of benzene rings is 1. The monoisotopic (exact) mass is 206 g/mol. The lowest BCUT2D eigenvalue weighted by atomic mass is 10.0. The molecular formula is C13H22N2. The summed E-state index contributed by atoms with van der Waals surface area (Å²) in [6.07, 6.45) is 1.12. The van der Waals surface area contributed by atoms with E-state index in [2.05, 4.69) is 42.7 Å². The van der Waals surface area contributed by atoms with Crippen molar-refractivity contribution < 1.29 is 0 Å². The molecule has 0 radical (unpaired) electrons. The standard InChI is InChI=1S/C13H22N2/c1-11-4-5-13(12(2)10-11)6-7-15-9-8-14-3/h4-5,10,14-15H,6-9H2,1-3H3. The molecule has 15 heavy (non-hydrogen) atoms. The van der Waals surface area contributed by atoms with E-state index in [1.54, 1.807) is 0 Å². The summed E-state index contributed by atoms with van der Waals surface area (Å²) in [5, 5.41) is 6.54. The van der Waals surface area contributed by atoms with Crippen LogP contribution < -0.4 is 10.6 Å². The Hall–Kier alpha value is -0.860. The molecule has 1 rings (SSSR count). The van der Waals surface area contributed by atoms with E-state index < -0.39 is 0 Å². The summed E-state index contributed by atoms with van der Waals surface area (Å²) in [5.41, 5.74) is 4.21. The second kappa shape index (κ2) is 6.59. The van der Waals surface area contributed by atoms with Gasteiger partial charge in [0.25, 0.3) is 0 Å². The molecule has 84 valence electrons. The maximum Gasteiger partial charge on any atom is 0.00767 e. The van der Waals surface area contributed by atoms with E-state index in [0.717, 1.165) is 26.1 Å². The summed E-state index contributed by atoms with van der Waals surface area (Å²) in [7, 11) is 1.98. The van der Waals surface area contributed by atoms with E-state index in [-0.39, 0.29) is 0 Å². The number of hydrogen-bond acceptors (Lipinski definition) is 2. The Labute approximate surface area is 93.1 Å². The maximum absolute atomic E-state index is 3.41. The number of hydrogen-bond donors (Lipinski definition) is 2. The van der Waals surface area contributed by atoms with E-state index in [1.807, 2.05) is 7.05 Å². The van der Waals surface area contributed by atoms with Gasteiger partial charge >= 0.3 is 0 Å². The van der Waals surface area contributed by atoms with E-state index in [1.165, 1.54) is 16.7 Å². The molecule has 0 spiro atoms. The van der Waals surface area contributed by atoms with Gasteiger partial charge < -0.3 is 10.6 Å². The van der Waals surface area contributed by atoms with Crippen LogP contribution in [-0.4, -0.2) is 26.7 Å². The number of aryl methyl sites for hydroxylation is 2. The summed E-state index contributed by atoms with van der Waals surface area (Å²) in [6, 6.07) is 6.68. The first-order chi connectivity index (χ1) is 7.24. The molecule has 0 heterocycles. The molecule has 0 aliphatic rings. The van der Waals surface area contributed by atoms with Gasteiger partial charge in [-0.3, -0.25) is 0 Å². The van der Waals surface area contributed by atoms with Gasteiger partial charge in [0.1, 0.15) is 0 Å². The van der Waals surface area contributed by atoms with E-state index in [9.17, 15) is 0 Å². The normalized spacial score (nSPS) is 10.6. The minimum Gasteiger partial charge on any atom is -0.318 e. The second-order valence-electron chi connectivity index (χ2n) is 4.03. The summed E-state index contributed by atoms with van der Waals surface area (Å²) in [4.78, 5) is 0. The van der Waals surface area contributed by atoms with Crippen LogP contribution in [0.3, 0.4) is 0 Å². The van der Waals surface area contributed by atoms with Crippen molar-refractivity contribution in [1.29, 1.82) is 0 Å². The molecule has 0 unspecified atom stereocenters.